The van der Waals surface area contributed by atoms with Crippen molar-refractivity contribution < 1.29 is 23.5 Å². The van der Waals surface area contributed by atoms with Crippen LogP contribution in [0, 0.1) is 11.6 Å². The molecular weight excluding hydrogens is 338 g/mol. The first kappa shape index (κ1) is 14.6. The van der Waals surface area contributed by atoms with Crippen molar-refractivity contribution >= 4 is 33.4 Å². The third-order valence-electron chi connectivity index (χ3n) is 2.60. The van der Waals surface area contributed by atoms with E-state index < -0.39 is 23.4 Å². The number of anilines is 1. The first-order valence-electron chi connectivity index (χ1n) is 5.54. The van der Waals surface area contributed by atoms with Crippen LogP contribution in [0.5, 0.6) is 0 Å². The summed E-state index contributed by atoms with van der Waals surface area (Å²) < 4.78 is 26.2. The van der Waals surface area contributed by atoms with Gasteiger partial charge in [0.15, 0.2) is 11.6 Å². The van der Waals surface area contributed by atoms with Gasteiger partial charge in [0.2, 0.25) is 0 Å². The summed E-state index contributed by atoms with van der Waals surface area (Å²) >= 11 is 2.84. The molecule has 2 rings (SSSR count). The summed E-state index contributed by atoms with van der Waals surface area (Å²) in [6.07, 6.45) is 1.03. The lowest BCUT2D eigenvalue weighted by Gasteiger charge is -2.13. The number of imide groups is 1. The second-order valence-corrected chi connectivity index (χ2v) is 4.81. The number of nitrogens with one attached hydrogen (secondary N) is 1. The molecule has 0 bridgehead atoms. The maximum Gasteiger partial charge on any atom is 0.277 e. The molecule has 2 amide bonds. The molecule has 2 N–H and O–H groups in total. The van der Waals surface area contributed by atoms with Gasteiger partial charge < -0.3 is 10.4 Å². The highest BCUT2D eigenvalue weighted by Gasteiger charge is 2.30. The molecule has 0 unspecified atom stereocenters. The first-order chi connectivity index (χ1) is 9.43. The quantitative estimate of drug-likeness (QED) is 0.638. The lowest BCUT2D eigenvalue weighted by atomic mass is 10.3. The number of amides is 2. The smallest absolute Gasteiger partial charge is 0.277 e. The molecule has 0 aromatic heterocycles. The monoisotopic (exact) mass is 346 g/mol. The van der Waals surface area contributed by atoms with Crippen LogP contribution >= 0.6 is 15.9 Å². The fourth-order valence-electron chi connectivity index (χ4n) is 1.69. The Labute approximate surface area is 121 Å². The summed E-state index contributed by atoms with van der Waals surface area (Å²) in [5, 5.41) is 11.3. The van der Waals surface area contributed by atoms with Crippen LogP contribution in [-0.2, 0) is 9.59 Å². The van der Waals surface area contributed by atoms with Crippen molar-refractivity contribution in [1.29, 1.82) is 0 Å². The van der Waals surface area contributed by atoms with Gasteiger partial charge in [-0.25, -0.2) is 8.78 Å². The average Bonchev–Trinajstić information content (AvgIpc) is 2.64. The summed E-state index contributed by atoms with van der Waals surface area (Å²) in [6, 6.07) is 2.11. The fraction of sp³-hybridized carbons (Fsp3) is 0.167. The molecule has 1 aliphatic heterocycles. The van der Waals surface area contributed by atoms with Crippen molar-refractivity contribution in [3.8, 4) is 0 Å². The van der Waals surface area contributed by atoms with Crippen LogP contribution in [0.3, 0.4) is 0 Å². The number of rotatable bonds is 4. The van der Waals surface area contributed by atoms with Crippen LogP contribution in [-0.4, -0.2) is 35.0 Å². The number of nitrogens with zero attached hydrogens (tertiary/aromatic N) is 1. The third kappa shape index (κ3) is 2.70. The Balaban J connectivity index is 2.21. The van der Waals surface area contributed by atoms with E-state index in [0.29, 0.717) is 0 Å². The van der Waals surface area contributed by atoms with Crippen molar-refractivity contribution in [2.75, 3.05) is 18.5 Å². The molecule has 0 aliphatic carbocycles. The van der Waals surface area contributed by atoms with Gasteiger partial charge in [0.05, 0.1) is 17.6 Å². The van der Waals surface area contributed by atoms with Gasteiger partial charge in [-0.05, 0) is 22.0 Å². The molecule has 0 radical (unpaired) electrons. The van der Waals surface area contributed by atoms with Crippen LogP contribution in [0.1, 0.15) is 0 Å². The van der Waals surface area contributed by atoms with Gasteiger partial charge in [0, 0.05) is 17.8 Å². The van der Waals surface area contributed by atoms with E-state index in [9.17, 15) is 18.4 Å². The number of carbonyl (C=O) groups excluding carboxylic acids is 2. The van der Waals surface area contributed by atoms with Crippen LogP contribution in [0.4, 0.5) is 14.5 Å². The molecule has 1 aliphatic rings. The number of hydrogen-bond acceptors (Lipinski definition) is 4. The predicted octanol–water partition coefficient (Wildman–Crippen LogP) is 1.38. The van der Waals surface area contributed by atoms with Crippen molar-refractivity contribution in [3.05, 3.63) is 40.0 Å². The van der Waals surface area contributed by atoms with Gasteiger partial charge in [-0.2, -0.15) is 0 Å². The standard InChI is InChI=1S/C12H9BrF2N2O3/c13-7-3-6(4-8(14)11(7)15)16-9-5-10(19)17(1-2-18)12(9)20/h3-5,16,18H,1-2H2. The van der Waals surface area contributed by atoms with E-state index in [1.165, 1.54) is 6.07 Å². The maximum absolute atomic E-state index is 13.2. The van der Waals surface area contributed by atoms with Crippen molar-refractivity contribution in [3.63, 3.8) is 0 Å². The first-order valence-corrected chi connectivity index (χ1v) is 6.33. The maximum atomic E-state index is 13.2. The molecule has 0 fully saturated rings. The molecule has 0 saturated heterocycles. The summed E-state index contributed by atoms with van der Waals surface area (Å²) in [5.41, 5.74) is 0.0513. The normalized spacial score (nSPS) is 14.8. The Kier molecular flexibility index (Phi) is 4.15. The Hall–Kier alpha value is -1.80. The predicted molar refractivity (Wildman–Crippen MR) is 69.6 cm³/mol. The van der Waals surface area contributed by atoms with Gasteiger partial charge in [-0.15, -0.1) is 0 Å². The molecule has 0 atom stereocenters. The molecule has 1 heterocycles. The van der Waals surface area contributed by atoms with E-state index in [-0.39, 0.29) is 29.0 Å². The molecule has 0 spiro atoms. The van der Waals surface area contributed by atoms with Crippen LogP contribution in [0.15, 0.2) is 28.4 Å². The van der Waals surface area contributed by atoms with Gasteiger partial charge in [-0.1, -0.05) is 0 Å². The minimum absolute atomic E-state index is 0.0682. The second kappa shape index (κ2) is 5.68. The highest BCUT2D eigenvalue weighted by atomic mass is 79.9. The number of β-amino-alcohol motifs (C(OH)–C–C–N with tert-alkyl or cyclic N) is 1. The largest absolute Gasteiger partial charge is 0.395 e. The van der Waals surface area contributed by atoms with Crippen molar-refractivity contribution in [2.45, 2.75) is 0 Å². The summed E-state index contributed by atoms with van der Waals surface area (Å²) in [6.45, 7) is -0.476. The summed E-state index contributed by atoms with van der Waals surface area (Å²) in [5.74, 6) is -3.34. The minimum Gasteiger partial charge on any atom is -0.395 e. The summed E-state index contributed by atoms with van der Waals surface area (Å²) in [7, 11) is 0. The summed E-state index contributed by atoms with van der Waals surface area (Å²) in [4.78, 5) is 24.2. The Bertz CT molecular complexity index is 596. The highest BCUT2D eigenvalue weighted by molar-refractivity contribution is 9.10. The van der Waals surface area contributed by atoms with E-state index in [2.05, 4.69) is 21.2 Å². The van der Waals surface area contributed by atoms with E-state index in [0.717, 1.165) is 17.0 Å². The SMILES string of the molecule is O=C1C=C(Nc2cc(F)c(F)c(Br)c2)C(=O)N1CCO. The zero-order chi connectivity index (χ0) is 14.9. The van der Waals surface area contributed by atoms with Crippen LogP contribution < -0.4 is 5.32 Å². The molecule has 20 heavy (non-hydrogen) atoms. The van der Waals surface area contributed by atoms with Crippen molar-refractivity contribution in [2.24, 2.45) is 0 Å². The third-order valence-corrected chi connectivity index (χ3v) is 3.17. The van der Waals surface area contributed by atoms with E-state index in [1.54, 1.807) is 0 Å². The zero-order valence-electron chi connectivity index (χ0n) is 9.99. The molecule has 106 valence electrons. The van der Waals surface area contributed by atoms with Gasteiger partial charge in [0.1, 0.15) is 5.70 Å². The number of benzene rings is 1. The van der Waals surface area contributed by atoms with E-state index >= 15 is 0 Å². The van der Waals surface area contributed by atoms with Crippen LogP contribution in [0.2, 0.25) is 0 Å². The molecule has 5 nitrogen and oxygen atoms in total. The van der Waals surface area contributed by atoms with Gasteiger partial charge in [0.25, 0.3) is 11.8 Å². The van der Waals surface area contributed by atoms with E-state index in [4.69, 9.17) is 5.11 Å². The minimum atomic E-state index is -1.09. The highest BCUT2D eigenvalue weighted by Crippen LogP contribution is 2.25. The number of carbonyl (C=O) groups is 2. The Morgan fingerprint density at radius 3 is 2.60 bits per heavy atom. The molecule has 8 heteroatoms. The fourth-order valence-corrected chi connectivity index (χ4v) is 2.13. The number of hydrogen-bond donors (Lipinski definition) is 2. The Morgan fingerprint density at radius 2 is 2.00 bits per heavy atom. The Morgan fingerprint density at radius 1 is 1.30 bits per heavy atom. The number of halogens is 3. The average molecular weight is 347 g/mol. The van der Waals surface area contributed by atoms with Gasteiger partial charge >= 0.3 is 0 Å². The van der Waals surface area contributed by atoms with Gasteiger partial charge in [-0.3, -0.25) is 14.5 Å². The lowest BCUT2D eigenvalue weighted by Crippen LogP contribution is -2.34. The second-order valence-electron chi connectivity index (χ2n) is 3.96. The lowest BCUT2D eigenvalue weighted by molar-refractivity contribution is -0.137. The number of aliphatic hydroxyl groups is 1. The van der Waals surface area contributed by atoms with Crippen LogP contribution in [0.25, 0.3) is 0 Å². The molecule has 1 aromatic rings. The topological polar surface area (TPSA) is 69.6 Å². The van der Waals surface area contributed by atoms with Crippen molar-refractivity contribution in [1.82, 2.24) is 4.90 Å². The molecule has 0 saturated carbocycles. The van der Waals surface area contributed by atoms with E-state index in [1.807, 2.05) is 0 Å². The molecule has 1 aromatic carbocycles. The number of aliphatic hydroxyl groups excluding tert-OH is 1. The zero-order valence-corrected chi connectivity index (χ0v) is 11.6. The molecular formula is C12H9BrF2N2O3.